The van der Waals surface area contributed by atoms with Gasteiger partial charge in [0.25, 0.3) is 0 Å². The first-order chi connectivity index (χ1) is 15.4. The molecule has 0 unspecified atom stereocenters. The summed E-state index contributed by atoms with van der Waals surface area (Å²) >= 11 is 0. The van der Waals surface area contributed by atoms with Crippen LogP contribution in [-0.4, -0.2) is 36.9 Å². The van der Waals surface area contributed by atoms with Crippen LogP contribution in [0.15, 0.2) is 70.1 Å². The van der Waals surface area contributed by atoms with Crippen molar-refractivity contribution in [2.24, 2.45) is 5.92 Å². The van der Waals surface area contributed by atoms with Crippen molar-refractivity contribution >= 4 is 15.9 Å². The summed E-state index contributed by atoms with van der Waals surface area (Å²) in [6.07, 6.45) is 0.926. The molecular formula is C24H27N3O4S. The van der Waals surface area contributed by atoms with Gasteiger partial charge in [-0.05, 0) is 37.8 Å². The maximum atomic E-state index is 13.1. The summed E-state index contributed by atoms with van der Waals surface area (Å²) in [5, 5.41) is 6.95. The number of hydrogen-bond acceptors (Lipinski definition) is 5. The number of piperidine rings is 1. The van der Waals surface area contributed by atoms with E-state index in [0.29, 0.717) is 18.5 Å². The lowest BCUT2D eigenvalue weighted by Crippen LogP contribution is -2.44. The monoisotopic (exact) mass is 453 g/mol. The third-order valence-corrected chi connectivity index (χ3v) is 8.09. The third-order valence-electron chi connectivity index (χ3n) is 5.94. The molecule has 7 nitrogen and oxygen atoms in total. The van der Waals surface area contributed by atoms with Crippen LogP contribution in [0.5, 0.6) is 0 Å². The van der Waals surface area contributed by atoms with Crippen LogP contribution in [0.3, 0.4) is 0 Å². The number of benzene rings is 2. The Hall–Kier alpha value is -2.97. The van der Waals surface area contributed by atoms with E-state index in [0.717, 1.165) is 11.1 Å². The average molecular weight is 454 g/mol. The molecule has 0 atom stereocenters. The number of carbonyl (C=O) groups excluding carboxylic acids is 1. The van der Waals surface area contributed by atoms with E-state index in [-0.39, 0.29) is 41.6 Å². The highest BCUT2D eigenvalue weighted by atomic mass is 32.2. The largest absolute Gasteiger partial charge is 0.360 e. The Kier molecular flexibility index (Phi) is 6.43. The number of sulfonamides is 1. The molecule has 4 rings (SSSR count). The summed E-state index contributed by atoms with van der Waals surface area (Å²) in [6, 6.07) is 19.4. The molecule has 168 valence electrons. The molecule has 0 spiro atoms. The molecule has 0 radical (unpaired) electrons. The quantitative estimate of drug-likeness (QED) is 0.616. The van der Waals surface area contributed by atoms with Crippen LogP contribution in [0, 0.1) is 19.8 Å². The Morgan fingerprint density at radius 3 is 2.00 bits per heavy atom. The zero-order chi connectivity index (χ0) is 22.7. The first-order valence-electron chi connectivity index (χ1n) is 10.7. The highest BCUT2D eigenvalue weighted by Gasteiger charge is 2.36. The molecule has 1 saturated heterocycles. The average Bonchev–Trinajstić information content (AvgIpc) is 3.17. The first-order valence-corrected chi connectivity index (χ1v) is 12.1. The maximum Gasteiger partial charge on any atom is 0.248 e. The van der Waals surface area contributed by atoms with Crippen molar-refractivity contribution in [2.45, 2.75) is 37.6 Å². The lowest BCUT2D eigenvalue weighted by atomic mass is 9.94. The van der Waals surface area contributed by atoms with Gasteiger partial charge in [0.05, 0.1) is 6.04 Å². The molecule has 2 aromatic carbocycles. The van der Waals surface area contributed by atoms with Gasteiger partial charge in [0.2, 0.25) is 15.9 Å². The van der Waals surface area contributed by atoms with Gasteiger partial charge >= 0.3 is 0 Å². The molecule has 1 aliphatic rings. The fraction of sp³-hybridized carbons (Fsp3) is 0.333. The van der Waals surface area contributed by atoms with E-state index in [1.54, 1.807) is 13.8 Å². The number of aryl methyl sites for hydroxylation is 2. The van der Waals surface area contributed by atoms with Crippen LogP contribution >= 0.6 is 0 Å². The second kappa shape index (κ2) is 9.26. The Bertz CT molecular complexity index is 1110. The second-order valence-electron chi connectivity index (χ2n) is 8.09. The van der Waals surface area contributed by atoms with Gasteiger partial charge in [-0.15, -0.1) is 0 Å². The third kappa shape index (κ3) is 4.47. The van der Waals surface area contributed by atoms with Gasteiger partial charge in [0.1, 0.15) is 10.6 Å². The molecule has 2 heterocycles. The van der Waals surface area contributed by atoms with E-state index in [1.807, 2.05) is 60.7 Å². The zero-order valence-corrected chi connectivity index (χ0v) is 19.0. The van der Waals surface area contributed by atoms with Crippen molar-refractivity contribution in [2.75, 3.05) is 13.1 Å². The highest BCUT2D eigenvalue weighted by molar-refractivity contribution is 7.89. The Labute approximate surface area is 188 Å². The Morgan fingerprint density at radius 1 is 1.00 bits per heavy atom. The van der Waals surface area contributed by atoms with Crippen LogP contribution < -0.4 is 5.32 Å². The van der Waals surface area contributed by atoms with E-state index < -0.39 is 10.0 Å². The SMILES string of the molecule is Cc1noc(C)c1S(=O)(=O)N1CCC(C(=O)NC(c2ccccc2)c2ccccc2)CC1. The highest BCUT2D eigenvalue weighted by Crippen LogP contribution is 2.29. The van der Waals surface area contributed by atoms with Gasteiger partial charge in [-0.3, -0.25) is 4.79 Å². The topological polar surface area (TPSA) is 92.5 Å². The molecule has 32 heavy (non-hydrogen) atoms. The summed E-state index contributed by atoms with van der Waals surface area (Å²) < 4.78 is 32.5. The maximum absolute atomic E-state index is 13.1. The minimum absolute atomic E-state index is 0.0582. The van der Waals surface area contributed by atoms with E-state index in [2.05, 4.69) is 10.5 Å². The number of amides is 1. The zero-order valence-electron chi connectivity index (χ0n) is 18.2. The van der Waals surface area contributed by atoms with E-state index in [9.17, 15) is 13.2 Å². The number of carbonyl (C=O) groups is 1. The van der Waals surface area contributed by atoms with Crippen LogP contribution in [0.25, 0.3) is 0 Å². The summed E-state index contributed by atoms with van der Waals surface area (Å²) in [5.41, 5.74) is 2.37. The Balaban J connectivity index is 1.46. The summed E-state index contributed by atoms with van der Waals surface area (Å²) in [7, 11) is -3.69. The lowest BCUT2D eigenvalue weighted by Gasteiger charge is -2.31. The molecular weight excluding hydrogens is 426 g/mol. The van der Waals surface area contributed by atoms with Crippen molar-refractivity contribution in [1.29, 1.82) is 0 Å². The molecule has 0 saturated carbocycles. The van der Waals surface area contributed by atoms with Gasteiger partial charge in [0.15, 0.2) is 5.76 Å². The second-order valence-corrected chi connectivity index (χ2v) is 9.97. The fourth-order valence-electron chi connectivity index (χ4n) is 4.24. The molecule has 1 aromatic heterocycles. The molecule has 1 N–H and O–H groups in total. The number of hydrogen-bond donors (Lipinski definition) is 1. The molecule has 0 bridgehead atoms. The standard InChI is InChI=1S/C24H27N3O4S/c1-17-23(18(2)31-26-17)32(29,30)27-15-13-21(14-16-27)24(28)25-22(19-9-5-3-6-10-19)20-11-7-4-8-12-20/h3-12,21-22H,13-16H2,1-2H3,(H,25,28). The molecule has 1 fully saturated rings. The smallest absolute Gasteiger partial charge is 0.248 e. The number of nitrogens with zero attached hydrogens (tertiary/aromatic N) is 2. The fourth-order valence-corrected chi connectivity index (χ4v) is 6.00. The predicted molar refractivity (Wildman–Crippen MR) is 120 cm³/mol. The molecule has 8 heteroatoms. The van der Waals surface area contributed by atoms with Gasteiger partial charge in [-0.1, -0.05) is 65.8 Å². The molecule has 1 aliphatic heterocycles. The van der Waals surface area contributed by atoms with Crippen LogP contribution in [0.4, 0.5) is 0 Å². The van der Waals surface area contributed by atoms with Gasteiger partial charge < -0.3 is 9.84 Å². The number of aromatic nitrogens is 1. The van der Waals surface area contributed by atoms with Gasteiger partial charge in [-0.2, -0.15) is 4.31 Å². The normalized spacial score (nSPS) is 15.7. The molecule has 0 aliphatic carbocycles. The summed E-state index contributed by atoms with van der Waals surface area (Å²) in [5.74, 6) is -0.0194. The number of nitrogens with one attached hydrogen (secondary N) is 1. The van der Waals surface area contributed by atoms with Gasteiger partial charge in [-0.25, -0.2) is 8.42 Å². The Morgan fingerprint density at radius 2 is 1.53 bits per heavy atom. The van der Waals surface area contributed by atoms with Crippen molar-refractivity contribution in [3.63, 3.8) is 0 Å². The van der Waals surface area contributed by atoms with Crippen molar-refractivity contribution in [3.8, 4) is 0 Å². The molecule has 1 amide bonds. The summed E-state index contributed by atoms with van der Waals surface area (Å²) in [6.45, 7) is 3.79. The van der Waals surface area contributed by atoms with E-state index >= 15 is 0 Å². The van der Waals surface area contributed by atoms with Crippen LogP contribution in [0.2, 0.25) is 0 Å². The first kappa shape index (κ1) is 22.2. The molecule has 3 aromatic rings. The van der Waals surface area contributed by atoms with Crippen molar-refractivity contribution in [3.05, 3.63) is 83.2 Å². The van der Waals surface area contributed by atoms with Crippen LogP contribution in [-0.2, 0) is 14.8 Å². The van der Waals surface area contributed by atoms with E-state index in [4.69, 9.17) is 4.52 Å². The van der Waals surface area contributed by atoms with Crippen LogP contribution in [0.1, 0.15) is 41.5 Å². The predicted octanol–water partition coefficient (Wildman–Crippen LogP) is 3.60. The lowest BCUT2D eigenvalue weighted by molar-refractivity contribution is -0.126. The number of rotatable bonds is 6. The van der Waals surface area contributed by atoms with Gasteiger partial charge in [0, 0.05) is 19.0 Å². The minimum atomic E-state index is -3.69. The van der Waals surface area contributed by atoms with E-state index in [1.165, 1.54) is 4.31 Å². The minimum Gasteiger partial charge on any atom is -0.360 e. The van der Waals surface area contributed by atoms with Crippen molar-refractivity contribution in [1.82, 2.24) is 14.8 Å². The summed E-state index contributed by atoms with van der Waals surface area (Å²) in [4.78, 5) is 13.3. The van der Waals surface area contributed by atoms with Crippen molar-refractivity contribution < 1.29 is 17.7 Å².